The fourth-order valence-electron chi connectivity index (χ4n) is 4.50. The zero-order chi connectivity index (χ0) is 29.4. The predicted octanol–water partition coefficient (Wildman–Crippen LogP) is 2.47. The lowest BCUT2D eigenvalue weighted by Crippen LogP contribution is -2.36. The number of hydrogen-bond donors (Lipinski definition) is 2. The van der Waals surface area contributed by atoms with Crippen LogP contribution in [0, 0.1) is 0 Å². The molecule has 2 fully saturated rings. The molecule has 13 nitrogen and oxygen atoms in total. The number of aromatic carboxylic acids is 1. The molecule has 4 rings (SSSR count). The Kier molecular flexibility index (Phi) is 10.1. The van der Waals surface area contributed by atoms with E-state index in [1.165, 1.54) is 11.1 Å². The summed E-state index contributed by atoms with van der Waals surface area (Å²) in [6.07, 6.45) is 5.85. The van der Waals surface area contributed by atoms with Gasteiger partial charge in [-0.2, -0.15) is 4.98 Å². The van der Waals surface area contributed by atoms with Crippen molar-refractivity contribution in [2.45, 2.75) is 44.8 Å². The van der Waals surface area contributed by atoms with Gasteiger partial charge in [-0.05, 0) is 45.4 Å². The number of aromatic nitrogens is 2. The van der Waals surface area contributed by atoms with Crippen molar-refractivity contribution in [3.8, 4) is 5.88 Å². The van der Waals surface area contributed by atoms with Crippen molar-refractivity contribution in [2.75, 3.05) is 51.9 Å². The highest BCUT2D eigenvalue weighted by atomic mass is 16.5. The molecule has 1 aliphatic heterocycles. The Balaban J connectivity index is 1.41. The summed E-state index contributed by atoms with van der Waals surface area (Å²) < 4.78 is 17.3. The van der Waals surface area contributed by atoms with Crippen molar-refractivity contribution >= 4 is 41.3 Å². The Bertz CT molecular complexity index is 1310. The highest BCUT2D eigenvalue weighted by molar-refractivity contribution is 5.94. The van der Waals surface area contributed by atoms with Crippen LogP contribution >= 0.6 is 0 Å². The largest absolute Gasteiger partial charge is 0.487 e. The SMILES string of the molecule is C=NC(=NC1CCC(Oc2nc(N3CCOCC3)cc3ncc(C(=O)O)cc23)CC1)N/C=C(\C)OCC(=O)N(C)C. The standard InChI is InChI=1S/C28H37N7O6/c1-18(40-17-25(36)34(3)4)15-31-28(29-2)32-20-5-7-21(8-6-20)41-26-22-13-19(27(37)38)16-30-23(22)14-24(33-26)35-9-11-39-12-10-35/h13-16,20-21H,2,5-12,17H2,1,3-4H3,(H,31,32)(H,37,38)/b18-15+. The summed E-state index contributed by atoms with van der Waals surface area (Å²) in [7, 11) is 3.34. The molecule has 1 saturated carbocycles. The zero-order valence-electron chi connectivity index (χ0n) is 23.7. The van der Waals surface area contributed by atoms with E-state index in [0.29, 0.717) is 54.8 Å². The molecule has 220 valence electrons. The van der Waals surface area contributed by atoms with Crippen LogP contribution in [-0.4, -0.2) is 104 Å². The second-order valence-corrected chi connectivity index (χ2v) is 10.1. The van der Waals surface area contributed by atoms with Crippen LogP contribution in [0.1, 0.15) is 43.0 Å². The van der Waals surface area contributed by atoms with E-state index in [1.54, 1.807) is 33.3 Å². The third-order valence-corrected chi connectivity index (χ3v) is 6.92. The molecule has 2 N–H and O–H groups in total. The van der Waals surface area contributed by atoms with Gasteiger partial charge in [-0.1, -0.05) is 0 Å². The van der Waals surface area contributed by atoms with Gasteiger partial charge in [-0.15, -0.1) is 0 Å². The third-order valence-electron chi connectivity index (χ3n) is 6.92. The van der Waals surface area contributed by atoms with E-state index in [1.807, 2.05) is 6.07 Å². The number of ether oxygens (including phenoxy) is 3. The van der Waals surface area contributed by atoms with Gasteiger partial charge in [0.2, 0.25) is 11.8 Å². The number of morpholine rings is 1. The van der Waals surface area contributed by atoms with E-state index in [0.717, 1.165) is 31.5 Å². The molecule has 13 heteroatoms. The van der Waals surface area contributed by atoms with Crippen LogP contribution < -0.4 is 15.0 Å². The second-order valence-electron chi connectivity index (χ2n) is 10.1. The van der Waals surface area contributed by atoms with Crippen molar-refractivity contribution < 1.29 is 28.9 Å². The summed E-state index contributed by atoms with van der Waals surface area (Å²) in [5.41, 5.74) is 0.711. The summed E-state index contributed by atoms with van der Waals surface area (Å²) >= 11 is 0. The van der Waals surface area contributed by atoms with Crippen LogP contribution in [0.4, 0.5) is 5.82 Å². The molecule has 0 radical (unpaired) electrons. The van der Waals surface area contributed by atoms with Crippen LogP contribution in [0.25, 0.3) is 10.9 Å². The molecule has 1 saturated heterocycles. The van der Waals surface area contributed by atoms with Crippen LogP contribution in [0.2, 0.25) is 0 Å². The van der Waals surface area contributed by atoms with Crippen molar-refractivity contribution in [3.63, 3.8) is 0 Å². The fraction of sp³-hybridized carbons (Fsp3) is 0.500. The molecular formula is C28H37N7O6. The minimum atomic E-state index is -1.06. The van der Waals surface area contributed by atoms with Gasteiger partial charge < -0.3 is 34.4 Å². The summed E-state index contributed by atoms with van der Waals surface area (Å²) in [6.45, 7) is 7.92. The highest BCUT2D eigenvalue weighted by Gasteiger charge is 2.25. The number of fused-ring (bicyclic) bond motifs is 1. The number of aliphatic imine (C=N–C) groups is 2. The highest BCUT2D eigenvalue weighted by Crippen LogP contribution is 2.32. The molecule has 3 heterocycles. The van der Waals surface area contributed by atoms with Crippen molar-refractivity contribution in [3.05, 3.63) is 35.9 Å². The first kappa shape index (κ1) is 29.7. The molecule has 2 aromatic heterocycles. The van der Waals surface area contributed by atoms with Gasteiger partial charge in [0.15, 0.2) is 6.61 Å². The summed E-state index contributed by atoms with van der Waals surface area (Å²) in [6, 6.07) is 3.45. The number of amides is 1. The van der Waals surface area contributed by atoms with Crippen molar-refractivity contribution in [1.82, 2.24) is 20.2 Å². The van der Waals surface area contributed by atoms with Gasteiger partial charge in [-0.3, -0.25) is 9.78 Å². The number of carboxylic acid groups (broad SMARTS) is 1. The molecule has 0 spiro atoms. The Labute approximate surface area is 238 Å². The molecule has 0 unspecified atom stereocenters. The van der Waals surface area contributed by atoms with E-state index in [-0.39, 0.29) is 30.2 Å². The molecule has 41 heavy (non-hydrogen) atoms. The van der Waals surface area contributed by atoms with Crippen molar-refractivity contribution in [2.24, 2.45) is 9.98 Å². The maximum atomic E-state index is 11.7. The monoisotopic (exact) mass is 567 g/mol. The number of likely N-dealkylation sites (N-methyl/N-ethyl adjacent to an activating group) is 1. The van der Waals surface area contributed by atoms with E-state index in [4.69, 9.17) is 19.2 Å². The maximum Gasteiger partial charge on any atom is 0.337 e. The first-order valence-corrected chi connectivity index (χ1v) is 13.6. The summed E-state index contributed by atoms with van der Waals surface area (Å²) in [5, 5.41) is 13.1. The van der Waals surface area contributed by atoms with Crippen molar-refractivity contribution in [1.29, 1.82) is 0 Å². The molecule has 0 bridgehead atoms. The van der Waals surface area contributed by atoms with Crippen LogP contribution in [0.15, 0.2) is 40.3 Å². The molecule has 1 aliphatic carbocycles. The van der Waals surface area contributed by atoms with Crippen LogP contribution in [0.3, 0.4) is 0 Å². The molecule has 2 aliphatic rings. The van der Waals surface area contributed by atoms with Gasteiger partial charge >= 0.3 is 5.97 Å². The first-order valence-electron chi connectivity index (χ1n) is 13.6. The minimum absolute atomic E-state index is 0.0254. The zero-order valence-corrected chi connectivity index (χ0v) is 23.7. The number of guanidine groups is 1. The van der Waals surface area contributed by atoms with Crippen LogP contribution in [-0.2, 0) is 14.3 Å². The first-order chi connectivity index (χ1) is 19.7. The number of rotatable bonds is 9. The van der Waals surface area contributed by atoms with Gasteiger partial charge in [-0.25, -0.2) is 14.8 Å². The van der Waals surface area contributed by atoms with E-state index >= 15 is 0 Å². The lowest BCUT2D eigenvalue weighted by molar-refractivity contribution is -0.132. The van der Waals surface area contributed by atoms with E-state index < -0.39 is 5.97 Å². The minimum Gasteiger partial charge on any atom is -0.487 e. The molecule has 0 aromatic carbocycles. The number of allylic oxidation sites excluding steroid dienone is 1. The quantitative estimate of drug-likeness (QED) is 0.263. The number of pyridine rings is 2. The number of carbonyl (C=O) groups is 2. The summed E-state index contributed by atoms with van der Waals surface area (Å²) in [4.78, 5) is 44.7. The van der Waals surface area contributed by atoms with Gasteiger partial charge in [0.05, 0.1) is 35.7 Å². The topological polar surface area (TPSA) is 151 Å². The third kappa shape index (κ3) is 8.13. The Morgan fingerprint density at radius 3 is 2.63 bits per heavy atom. The van der Waals surface area contributed by atoms with Gasteiger partial charge in [0.1, 0.15) is 17.7 Å². The number of carboxylic acids is 1. The van der Waals surface area contributed by atoms with Gasteiger partial charge in [0, 0.05) is 45.6 Å². The summed E-state index contributed by atoms with van der Waals surface area (Å²) in [5.74, 6) is 0.815. The Morgan fingerprint density at radius 2 is 1.98 bits per heavy atom. The lowest BCUT2D eigenvalue weighted by atomic mass is 9.93. The Hall–Kier alpha value is -4.26. The molecule has 1 amide bonds. The second kappa shape index (κ2) is 13.9. The maximum absolute atomic E-state index is 11.7. The van der Waals surface area contributed by atoms with Gasteiger partial charge in [0.25, 0.3) is 5.91 Å². The fourth-order valence-corrected chi connectivity index (χ4v) is 4.50. The normalized spacial score (nSPS) is 19.9. The number of hydrogen-bond acceptors (Lipinski definition) is 9. The van der Waals surface area contributed by atoms with E-state index in [9.17, 15) is 14.7 Å². The van der Waals surface area contributed by atoms with Crippen LogP contribution in [0.5, 0.6) is 5.88 Å². The number of carbonyl (C=O) groups excluding carboxylic acids is 1. The Morgan fingerprint density at radius 1 is 1.24 bits per heavy atom. The average Bonchev–Trinajstić information content (AvgIpc) is 2.98. The number of nitrogens with one attached hydrogen (secondary N) is 1. The number of anilines is 1. The smallest absolute Gasteiger partial charge is 0.337 e. The molecule has 2 aromatic rings. The molecule has 0 atom stereocenters. The average molecular weight is 568 g/mol. The van der Waals surface area contributed by atoms with E-state index in [2.05, 4.69) is 31.9 Å². The predicted molar refractivity (Wildman–Crippen MR) is 155 cm³/mol. The lowest BCUT2D eigenvalue weighted by Gasteiger charge is -2.30. The molecular weight excluding hydrogens is 530 g/mol. The number of nitrogens with zero attached hydrogens (tertiary/aromatic N) is 6.